The van der Waals surface area contributed by atoms with E-state index in [-0.39, 0.29) is 11.6 Å². The van der Waals surface area contributed by atoms with Gasteiger partial charge in [0.05, 0.1) is 40.9 Å². The van der Waals surface area contributed by atoms with Crippen LogP contribution < -0.4 is 14.8 Å². The predicted octanol–water partition coefficient (Wildman–Crippen LogP) is 5.15. The highest BCUT2D eigenvalue weighted by Crippen LogP contribution is 2.35. The van der Waals surface area contributed by atoms with Crippen LogP contribution in [0, 0.1) is 10.1 Å². The zero-order valence-electron chi connectivity index (χ0n) is 17.7. The second-order valence-corrected chi connectivity index (χ2v) is 7.78. The molecule has 1 aromatic heterocycles. The maximum absolute atomic E-state index is 12.4. The van der Waals surface area contributed by atoms with Crippen molar-refractivity contribution in [2.75, 3.05) is 13.7 Å². The summed E-state index contributed by atoms with van der Waals surface area (Å²) in [6, 6.07) is 14.9. The smallest absolute Gasteiger partial charge is 0.273 e. The Morgan fingerprint density at radius 1 is 1.18 bits per heavy atom. The number of furan rings is 1. The van der Waals surface area contributed by atoms with Crippen LogP contribution in [0.4, 0.5) is 11.4 Å². The summed E-state index contributed by atoms with van der Waals surface area (Å²) in [7, 11) is 1.43. The number of amides is 1. The van der Waals surface area contributed by atoms with Crippen LogP contribution in [0.25, 0.3) is 17.4 Å². The molecule has 1 aliphatic rings. The summed E-state index contributed by atoms with van der Waals surface area (Å²) in [6.45, 7) is 2.50. The van der Waals surface area contributed by atoms with Crippen molar-refractivity contribution in [3.8, 4) is 22.8 Å². The van der Waals surface area contributed by atoms with E-state index in [1.54, 1.807) is 24.3 Å². The van der Waals surface area contributed by atoms with E-state index in [1.165, 1.54) is 31.0 Å². The van der Waals surface area contributed by atoms with Gasteiger partial charge in [-0.3, -0.25) is 14.9 Å². The predicted molar refractivity (Wildman–Crippen MR) is 126 cm³/mol. The maximum atomic E-state index is 12.4. The average Bonchev–Trinajstić information content (AvgIpc) is 3.41. The normalized spacial score (nSPS) is 15.6. The van der Waals surface area contributed by atoms with Gasteiger partial charge in [0.15, 0.2) is 5.17 Å². The number of thioether (sulfide) groups is 1. The molecule has 1 fully saturated rings. The van der Waals surface area contributed by atoms with Gasteiger partial charge >= 0.3 is 0 Å². The third kappa shape index (κ3) is 5.07. The number of carbonyl (C=O) groups is 1. The summed E-state index contributed by atoms with van der Waals surface area (Å²) in [5.74, 6) is 1.69. The number of carbonyl (C=O) groups excluding carboxylic acids is 1. The van der Waals surface area contributed by atoms with E-state index < -0.39 is 4.92 Å². The highest BCUT2D eigenvalue weighted by molar-refractivity contribution is 8.18. The number of benzene rings is 2. The standard InChI is InChI=1S/C23H19N3O6S/c1-3-31-16-7-4-14(5-8-16)24-23-25-22(27)21(33-23)13-17-9-11-19(32-17)18-10-6-15(26(28)29)12-20(18)30-2/h4-13H,3H2,1-2H3,(H,24,25,27)/b21-13+. The lowest BCUT2D eigenvalue weighted by Crippen LogP contribution is -2.19. The summed E-state index contributed by atoms with van der Waals surface area (Å²) < 4.78 is 16.5. The van der Waals surface area contributed by atoms with Crippen molar-refractivity contribution in [1.29, 1.82) is 0 Å². The van der Waals surface area contributed by atoms with Crippen LogP contribution in [0.5, 0.6) is 11.5 Å². The van der Waals surface area contributed by atoms with Crippen LogP contribution in [0.3, 0.4) is 0 Å². The highest BCUT2D eigenvalue weighted by atomic mass is 32.2. The van der Waals surface area contributed by atoms with Crippen molar-refractivity contribution in [2.45, 2.75) is 6.92 Å². The largest absolute Gasteiger partial charge is 0.496 e. The number of ether oxygens (including phenoxy) is 2. The van der Waals surface area contributed by atoms with E-state index in [0.29, 0.717) is 45.2 Å². The molecule has 0 spiro atoms. The SMILES string of the molecule is CCOc1ccc(N=C2NC(=O)/C(=C\c3ccc(-c4ccc([N+](=O)[O-])cc4OC)o3)S2)cc1. The van der Waals surface area contributed by atoms with Crippen molar-refractivity contribution in [3.05, 3.63) is 75.4 Å². The Hall–Kier alpha value is -4.05. The Balaban J connectivity index is 1.52. The molecule has 10 heteroatoms. The summed E-state index contributed by atoms with van der Waals surface area (Å²) in [5, 5.41) is 14.2. The molecule has 0 bridgehead atoms. The van der Waals surface area contributed by atoms with Gasteiger partial charge < -0.3 is 19.2 Å². The minimum atomic E-state index is -0.493. The Labute approximate surface area is 193 Å². The molecular formula is C23H19N3O6S. The van der Waals surface area contributed by atoms with Crippen LogP contribution in [-0.4, -0.2) is 29.7 Å². The molecule has 9 nitrogen and oxygen atoms in total. The minimum absolute atomic E-state index is 0.0807. The molecule has 1 saturated heterocycles. The Morgan fingerprint density at radius 3 is 2.67 bits per heavy atom. The quantitative estimate of drug-likeness (QED) is 0.291. The van der Waals surface area contributed by atoms with E-state index in [0.717, 1.165) is 5.75 Å². The highest BCUT2D eigenvalue weighted by Gasteiger charge is 2.24. The molecule has 0 aliphatic carbocycles. The second kappa shape index (κ2) is 9.61. The van der Waals surface area contributed by atoms with Gasteiger partial charge in [-0.1, -0.05) is 0 Å². The number of non-ortho nitro benzene ring substituents is 1. The van der Waals surface area contributed by atoms with Gasteiger partial charge in [0.1, 0.15) is 23.0 Å². The number of nitro groups is 1. The van der Waals surface area contributed by atoms with Crippen LogP contribution >= 0.6 is 11.8 Å². The molecule has 1 aliphatic heterocycles. The third-order valence-corrected chi connectivity index (χ3v) is 5.50. The lowest BCUT2D eigenvalue weighted by atomic mass is 10.1. The molecule has 2 heterocycles. The van der Waals surface area contributed by atoms with Crippen LogP contribution in [0.2, 0.25) is 0 Å². The Bertz CT molecular complexity index is 1260. The number of hydrogen-bond acceptors (Lipinski definition) is 8. The van der Waals surface area contributed by atoms with Crippen LogP contribution in [0.1, 0.15) is 12.7 Å². The first-order valence-electron chi connectivity index (χ1n) is 9.92. The van der Waals surface area contributed by atoms with Gasteiger partial charge in [-0.2, -0.15) is 0 Å². The molecule has 4 rings (SSSR count). The van der Waals surface area contributed by atoms with E-state index >= 15 is 0 Å². The number of amidine groups is 1. The average molecular weight is 465 g/mol. The van der Waals surface area contributed by atoms with E-state index in [1.807, 2.05) is 31.2 Å². The Morgan fingerprint density at radius 2 is 1.97 bits per heavy atom. The van der Waals surface area contributed by atoms with Crippen molar-refractivity contribution >= 4 is 40.3 Å². The molecule has 3 aromatic rings. The molecule has 1 amide bonds. The van der Waals surface area contributed by atoms with Crippen molar-refractivity contribution in [2.24, 2.45) is 4.99 Å². The number of aliphatic imine (C=N–C) groups is 1. The molecule has 33 heavy (non-hydrogen) atoms. The number of hydrogen-bond donors (Lipinski definition) is 1. The number of nitrogens with one attached hydrogen (secondary N) is 1. The first-order valence-corrected chi connectivity index (χ1v) is 10.7. The molecule has 0 saturated carbocycles. The summed E-state index contributed by atoms with van der Waals surface area (Å²) in [5.41, 5.74) is 1.17. The van der Waals surface area contributed by atoms with Gasteiger partial charge in [-0.15, -0.1) is 0 Å². The topological polar surface area (TPSA) is 116 Å². The van der Waals surface area contributed by atoms with Gasteiger partial charge in [0.25, 0.3) is 11.6 Å². The lowest BCUT2D eigenvalue weighted by Gasteiger charge is -2.05. The summed E-state index contributed by atoms with van der Waals surface area (Å²) >= 11 is 1.20. The minimum Gasteiger partial charge on any atom is -0.496 e. The lowest BCUT2D eigenvalue weighted by molar-refractivity contribution is -0.384. The van der Waals surface area contributed by atoms with Crippen molar-refractivity contribution < 1.29 is 23.6 Å². The van der Waals surface area contributed by atoms with Gasteiger partial charge in [0, 0.05) is 12.1 Å². The first kappa shape index (κ1) is 22.2. The fourth-order valence-electron chi connectivity index (χ4n) is 3.08. The molecule has 0 unspecified atom stereocenters. The van der Waals surface area contributed by atoms with E-state index in [2.05, 4.69) is 10.3 Å². The van der Waals surface area contributed by atoms with Gasteiger partial charge in [-0.25, -0.2) is 4.99 Å². The van der Waals surface area contributed by atoms with Crippen molar-refractivity contribution in [1.82, 2.24) is 5.32 Å². The van der Waals surface area contributed by atoms with E-state index in [9.17, 15) is 14.9 Å². The summed E-state index contributed by atoms with van der Waals surface area (Å²) in [6.07, 6.45) is 1.61. The molecule has 1 N–H and O–H groups in total. The van der Waals surface area contributed by atoms with Gasteiger partial charge in [-0.05, 0) is 61.2 Å². The number of nitrogens with zero attached hydrogens (tertiary/aromatic N) is 2. The fourth-order valence-corrected chi connectivity index (χ4v) is 3.90. The molecule has 0 radical (unpaired) electrons. The molecule has 2 aromatic carbocycles. The number of rotatable bonds is 7. The molecule has 168 valence electrons. The number of nitro benzene ring substituents is 1. The fraction of sp³-hybridized carbons (Fsp3) is 0.130. The first-order chi connectivity index (χ1) is 16.0. The zero-order valence-corrected chi connectivity index (χ0v) is 18.5. The van der Waals surface area contributed by atoms with Crippen molar-refractivity contribution in [3.63, 3.8) is 0 Å². The van der Waals surface area contributed by atoms with Crippen LogP contribution in [0.15, 0.2) is 68.9 Å². The Kier molecular flexibility index (Phi) is 6.45. The van der Waals surface area contributed by atoms with Crippen LogP contribution in [-0.2, 0) is 4.79 Å². The molecule has 0 atom stereocenters. The summed E-state index contributed by atoms with van der Waals surface area (Å²) in [4.78, 5) is 27.7. The van der Waals surface area contributed by atoms with Gasteiger partial charge in [0.2, 0.25) is 0 Å². The third-order valence-electron chi connectivity index (χ3n) is 4.59. The number of methoxy groups -OCH3 is 1. The molecular weight excluding hydrogens is 446 g/mol. The second-order valence-electron chi connectivity index (χ2n) is 6.75. The maximum Gasteiger partial charge on any atom is 0.273 e. The monoisotopic (exact) mass is 465 g/mol. The van der Waals surface area contributed by atoms with E-state index in [4.69, 9.17) is 13.9 Å². The zero-order chi connectivity index (χ0) is 23.4.